The smallest absolute Gasteiger partial charge is 0.0256 e. The number of hydrogen-bond donors (Lipinski definition) is 0. The molecule has 1 atom stereocenters. The minimum absolute atomic E-state index is 0.0797. The summed E-state index contributed by atoms with van der Waals surface area (Å²) in [5.74, 6) is 0.0797. The van der Waals surface area contributed by atoms with Crippen LogP contribution >= 0.6 is 0 Å². The lowest BCUT2D eigenvalue weighted by Gasteiger charge is -2.33. The maximum absolute atomic E-state index is 2.51. The Hall–Kier alpha value is -8.84. The molecule has 0 heterocycles. The molecule has 0 saturated carbocycles. The summed E-state index contributed by atoms with van der Waals surface area (Å²) in [5.41, 5.74) is 26.0. The normalized spacial score (nSPS) is 14.6. The van der Waals surface area contributed by atoms with Crippen LogP contribution in [0.25, 0.3) is 134 Å². The first kappa shape index (κ1) is 39.2. The third-order valence-corrected chi connectivity index (χ3v) is 15.8. The van der Waals surface area contributed by atoms with Crippen LogP contribution in [0.3, 0.4) is 0 Å². The third-order valence-electron chi connectivity index (χ3n) is 15.8. The average molecular weight is 885 g/mol. The minimum atomic E-state index is 0.0797. The third kappa shape index (κ3) is 5.65. The Balaban J connectivity index is 1.03. The molecule has 0 nitrogen and oxygen atoms in total. The number of benzene rings is 11. The van der Waals surface area contributed by atoms with Crippen LogP contribution in [0.15, 0.2) is 237 Å². The van der Waals surface area contributed by atoms with Crippen molar-refractivity contribution in [2.75, 3.05) is 0 Å². The topological polar surface area (TPSA) is 0 Å². The molecule has 1 unspecified atom stereocenters. The van der Waals surface area contributed by atoms with Gasteiger partial charge in [0.2, 0.25) is 0 Å². The van der Waals surface area contributed by atoms with Crippen molar-refractivity contribution >= 4 is 44.8 Å². The lowest BCUT2D eigenvalue weighted by Crippen LogP contribution is -2.42. The highest BCUT2D eigenvalue weighted by atomic mass is 14.4. The van der Waals surface area contributed by atoms with Crippen LogP contribution < -0.4 is 15.7 Å². The molecule has 4 aliphatic rings. The SMILES string of the molecule is C1=CC2C3=c4c(c5ccc6c7c(ccc(c4=C1)c75)-c1c(-c4ccccc4-c4ccccc4)ccc(-c4ccccc4)c1-6)=CC=C(C3)c1c(-c3ccccc3)ccc(-c3ccccc3-c3ccccc3)c12. The molecular weight excluding hydrogens is 841 g/mol. The van der Waals surface area contributed by atoms with Crippen LogP contribution in [-0.4, -0.2) is 0 Å². The van der Waals surface area contributed by atoms with Gasteiger partial charge in [-0.15, -0.1) is 0 Å². The molecular formula is C70H44. The van der Waals surface area contributed by atoms with Crippen LogP contribution in [0.1, 0.15) is 23.5 Å². The van der Waals surface area contributed by atoms with Gasteiger partial charge in [-0.3, -0.25) is 0 Å². The number of rotatable bonds is 6. The van der Waals surface area contributed by atoms with Crippen molar-refractivity contribution < 1.29 is 0 Å². The van der Waals surface area contributed by atoms with E-state index in [1.165, 1.54) is 148 Å². The van der Waals surface area contributed by atoms with Gasteiger partial charge in [-0.25, -0.2) is 0 Å². The monoisotopic (exact) mass is 884 g/mol. The van der Waals surface area contributed by atoms with Crippen LogP contribution in [0.4, 0.5) is 0 Å². The Morgan fingerprint density at radius 3 is 1.30 bits per heavy atom. The van der Waals surface area contributed by atoms with Gasteiger partial charge >= 0.3 is 0 Å². The van der Waals surface area contributed by atoms with Crippen molar-refractivity contribution in [3.63, 3.8) is 0 Å². The van der Waals surface area contributed by atoms with Crippen molar-refractivity contribution in [2.45, 2.75) is 12.3 Å². The summed E-state index contributed by atoms with van der Waals surface area (Å²) in [5, 5.41) is 9.41. The van der Waals surface area contributed by atoms with Gasteiger partial charge in [-0.2, -0.15) is 0 Å². The second kappa shape index (κ2) is 15.3. The van der Waals surface area contributed by atoms with Crippen LogP contribution in [0.5, 0.6) is 0 Å². The molecule has 324 valence electrons. The van der Waals surface area contributed by atoms with Gasteiger partial charge in [0.05, 0.1) is 0 Å². The summed E-state index contributed by atoms with van der Waals surface area (Å²) in [6, 6.07) is 81.2. The number of allylic oxidation sites excluding steroid dienone is 4. The summed E-state index contributed by atoms with van der Waals surface area (Å²) < 4.78 is 0. The highest BCUT2D eigenvalue weighted by Gasteiger charge is 2.35. The molecule has 0 heteroatoms. The zero-order chi connectivity index (χ0) is 45.9. The molecule has 0 aromatic heterocycles. The fourth-order valence-corrected chi connectivity index (χ4v) is 12.9. The first-order valence-corrected chi connectivity index (χ1v) is 24.7. The molecule has 15 rings (SSSR count). The molecule has 0 radical (unpaired) electrons. The molecule has 0 spiro atoms. The average Bonchev–Trinajstić information content (AvgIpc) is 3.53. The lowest BCUT2D eigenvalue weighted by atomic mass is 9.70. The Kier molecular flexibility index (Phi) is 8.59. The van der Waals surface area contributed by atoms with E-state index in [1.54, 1.807) is 0 Å². The second-order valence-corrected chi connectivity index (χ2v) is 19.3. The fourth-order valence-electron chi connectivity index (χ4n) is 12.9. The molecule has 0 amide bonds. The van der Waals surface area contributed by atoms with Crippen LogP contribution in [0, 0.1) is 0 Å². The summed E-state index contributed by atoms with van der Waals surface area (Å²) >= 11 is 0. The fraction of sp³-hybridized carbons (Fsp3) is 0.0286. The highest BCUT2D eigenvalue weighted by molar-refractivity contribution is 6.28. The first-order chi connectivity index (χ1) is 34.8. The molecule has 11 aromatic carbocycles. The van der Waals surface area contributed by atoms with Gasteiger partial charge in [-0.05, 0) is 155 Å². The molecule has 2 bridgehead atoms. The van der Waals surface area contributed by atoms with E-state index in [9.17, 15) is 0 Å². The number of fused-ring (bicyclic) bond motifs is 9. The van der Waals surface area contributed by atoms with Gasteiger partial charge in [0, 0.05) is 5.92 Å². The van der Waals surface area contributed by atoms with E-state index >= 15 is 0 Å². The quantitative estimate of drug-likeness (QED) is 0.156. The summed E-state index contributed by atoms with van der Waals surface area (Å²) in [6.45, 7) is 0. The predicted molar refractivity (Wildman–Crippen MR) is 296 cm³/mol. The van der Waals surface area contributed by atoms with E-state index in [0.717, 1.165) is 6.42 Å². The highest BCUT2D eigenvalue weighted by Crippen LogP contribution is 2.57. The van der Waals surface area contributed by atoms with Crippen molar-refractivity contribution in [3.05, 3.63) is 263 Å². The zero-order valence-electron chi connectivity index (χ0n) is 38.5. The van der Waals surface area contributed by atoms with E-state index < -0.39 is 0 Å². The molecule has 0 saturated heterocycles. The van der Waals surface area contributed by atoms with Crippen LogP contribution in [0.2, 0.25) is 0 Å². The van der Waals surface area contributed by atoms with Gasteiger partial charge < -0.3 is 0 Å². The first-order valence-electron chi connectivity index (χ1n) is 24.7. The number of hydrogen-bond acceptors (Lipinski definition) is 0. The molecule has 11 aromatic rings. The second-order valence-electron chi connectivity index (χ2n) is 19.3. The van der Waals surface area contributed by atoms with Crippen molar-refractivity contribution in [1.29, 1.82) is 0 Å². The van der Waals surface area contributed by atoms with Crippen molar-refractivity contribution in [3.8, 4) is 89.0 Å². The zero-order valence-corrected chi connectivity index (χ0v) is 38.5. The van der Waals surface area contributed by atoms with Gasteiger partial charge in [0.1, 0.15) is 0 Å². The van der Waals surface area contributed by atoms with E-state index in [2.05, 4.69) is 249 Å². The molecule has 4 aliphatic carbocycles. The van der Waals surface area contributed by atoms with Gasteiger partial charge in [0.25, 0.3) is 0 Å². The molecule has 0 fully saturated rings. The van der Waals surface area contributed by atoms with Gasteiger partial charge in [-0.1, -0.05) is 249 Å². The van der Waals surface area contributed by atoms with Crippen molar-refractivity contribution in [2.24, 2.45) is 0 Å². The Morgan fingerprint density at radius 2 is 0.729 bits per heavy atom. The summed E-state index contributed by atoms with van der Waals surface area (Å²) in [6.07, 6.45) is 13.2. The maximum atomic E-state index is 2.51. The van der Waals surface area contributed by atoms with E-state index in [4.69, 9.17) is 0 Å². The predicted octanol–water partition coefficient (Wildman–Crippen LogP) is 16.2. The maximum Gasteiger partial charge on any atom is 0.0256 e. The van der Waals surface area contributed by atoms with Gasteiger partial charge in [0.15, 0.2) is 0 Å². The standard InChI is InChI=1S/C70H44/c1-5-18-43(19-6-1)48-26-13-15-28-52(48)56-36-34-50(45-22-9-3-10-23-45)64-47-32-33-58-60-39-40-61-66-51(46-24-11-4-12-25-46)35-37-57(53-29-16-14-27-49(53)44-20-7-2-8-21-44)69(66)62-41-38-59(68(60)70(61)62)54-30-17-31-55(67(56)64)63(42-47)65(54)58/h1-41,55H,42H2. The largest absolute Gasteiger partial charge is 0.0729 e. The Morgan fingerprint density at radius 1 is 0.300 bits per heavy atom. The molecule has 0 N–H and O–H groups in total. The Labute approximate surface area is 407 Å². The summed E-state index contributed by atoms with van der Waals surface area (Å²) in [7, 11) is 0. The summed E-state index contributed by atoms with van der Waals surface area (Å²) in [4.78, 5) is 0. The lowest BCUT2D eigenvalue weighted by molar-refractivity contribution is 1.02. The van der Waals surface area contributed by atoms with E-state index in [0.29, 0.717) is 0 Å². The molecule has 70 heavy (non-hydrogen) atoms. The minimum Gasteiger partial charge on any atom is -0.0729 e. The van der Waals surface area contributed by atoms with Crippen molar-refractivity contribution in [1.82, 2.24) is 0 Å². The van der Waals surface area contributed by atoms with Crippen LogP contribution in [-0.2, 0) is 0 Å². The van der Waals surface area contributed by atoms with E-state index in [-0.39, 0.29) is 5.92 Å². The Bertz CT molecular complexity index is 4270. The van der Waals surface area contributed by atoms with E-state index in [1.807, 2.05) is 0 Å². The molecule has 0 aliphatic heterocycles.